The Bertz CT molecular complexity index is 555. The maximum absolute atomic E-state index is 13.3. The van der Waals surface area contributed by atoms with Gasteiger partial charge in [-0.2, -0.15) is 0 Å². The van der Waals surface area contributed by atoms with Crippen LogP contribution in [0.4, 0.5) is 13.2 Å². The van der Waals surface area contributed by atoms with E-state index in [1.54, 1.807) is 6.07 Å². The highest BCUT2D eigenvalue weighted by atomic mass is 19.1. The largest absolute Gasteiger partial charge is 0.312 e. The van der Waals surface area contributed by atoms with E-state index in [1.807, 2.05) is 6.07 Å². The van der Waals surface area contributed by atoms with Gasteiger partial charge in [-0.3, -0.25) is 0 Å². The van der Waals surface area contributed by atoms with E-state index in [9.17, 15) is 13.2 Å². The summed E-state index contributed by atoms with van der Waals surface area (Å²) in [6.07, 6.45) is 0.634. The molecule has 0 saturated carbocycles. The maximum atomic E-state index is 13.3. The van der Waals surface area contributed by atoms with Crippen molar-refractivity contribution in [2.24, 2.45) is 0 Å². The Morgan fingerprint density at radius 2 is 1.68 bits per heavy atom. The lowest BCUT2D eigenvalue weighted by molar-refractivity contribution is 0.568. The summed E-state index contributed by atoms with van der Waals surface area (Å²) in [7, 11) is 0. The fourth-order valence-electron chi connectivity index (χ4n) is 1.83. The Morgan fingerprint density at radius 1 is 0.895 bits per heavy atom. The van der Waals surface area contributed by atoms with Crippen molar-refractivity contribution >= 4 is 0 Å². The SMILES string of the molecule is Fc1cccc(CCNCc2cc(F)ccc2F)c1. The summed E-state index contributed by atoms with van der Waals surface area (Å²) >= 11 is 0. The monoisotopic (exact) mass is 265 g/mol. The summed E-state index contributed by atoms with van der Waals surface area (Å²) in [4.78, 5) is 0. The van der Waals surface area contributed by atoms with Crippen molar-refractivity contribution in [2.45, 2.75) is 13.0 Å². The molecule has 2 aromatic rings. The van der Waals surface area contributed by atoms with Crippen LogP contribution in [0.25, 0.3) is 0 Å². The Labute approximate surface area is 110 Å². The zero-order valence-corrected chi connectivity index (χ0v) is 10.3. The van der Waals surface area contributed by atoms with Gasteiger partial charge in [0.05, 0.1) is 0 Å². The Morgan fingerprint density at radius 3 is 2.47 bits per heavy atom. The molecular formula is C15H14F3N. The van der Waals surface area contributed by atoms with Crippen molar-refractivity contribution in [2.75, 3.05) is 6.54 Å². The zero-order valence-electron chi connectivity index (χ0n) is 10.3. The second-order valence-electron chi connectivity index (χ2n) is 4.29. The van der Waals surface area contributed by atoms with E-state index in [4.69, 9.17) is 0 Å². The van der Waals surface area contributed by atoms with E-state index in [0.717, 1.165) is 17.7 Å². The van der Waals surface area contributed by atoms with Crippen LogP contribution in [0.5, 0.6) is 0 Å². The number of halogens is 3. The highest BCUT2D eigenvalue weighted by molar-refractivity contribution is 5.19. The van der Waals surface area contributed by atoms with Gasteiger partial charge in [0.25, 0.3) is 0 Å². The molecule has 0 unspecified atom stereocenters. The summed E-state index contributed by atoms with van der Waals surface area (Å²) in [5.41, 5.74) is 1.16. The standard InChI is InChI=1S/C15H14F3N/c16-13-3-1-2-11(8-13)6-7-19-10-12-9-14(17)4-5-15(12)18/h1-5,8-9,19H,6-7,10H2. The Balaban J connectivity index is 1.82. The summed E-state index contributed by atoms with van der Waals surface area (Å²) in [6, 6.07) is 9.70. The molecule has 100 valence electrons. The maximum Gasteiger partial charge on any atom is 0.127 e. The van der Waals surface area contributed by atoms with Gasteiger partial charge in [0.15, 0.2) is 0 Å². The van der Waals surface area contributed by atoms with Crippen LogP contribution in [0.3, 0.4) is 0 Å². The fraction of sp³-hybridized carbons (Fsp3) is 0.200. The number of hydrogen-bond donors (Lipinski definition) is 1. The predicted molar refractivity (Wildman–Crippen MR) is 68.2 cm³/mol. The molecule has 0 heterocycles. The molecule has 0 amide bonds. The third-order valence-corrected chi connectivity index (χ3v) is 2.80. The van der Waals surface area contributed by atoms with Gasteiger partial charge in [0.2, 0.25) is 0 Å². The summed E-state index contributed by atoms with van der Waals surface area (Å²) in [5, 5.41) is 3.01. The number of hydrogen-bond acceptors (Lipinski definition) is 1. The zero-order chi connectivity index (χ0) is 13.7. The topological polar surface area (TPSA) is 12.0 Å². The van der Waals surface area contributed by atoms with E-state index >= 15 is 0 Å². The van der Waals surface area contributed by atoms with Crippen LogP contribution in [0.2, 0.25) is 0 Å². The fourth-order valence-corrected chi connectivity index (χ4v) is 1.83. The molecule has 0 bridgehead atoms. The molecule has 2 aromatic carbocycles. The Kier molecular flexibility index (Phi) is 4.58. The van der Waals surface area contributed by atoms with Crippen LogP contribution in [-0.4, -0.2) is 6.54 Å². The molecule has 0 atom stereocenters. The van der Waals surface area contributed by atoms with Crippen LogP contribution in [0.15, 0.2) is 42.5 Å². The van der Waals surface area contributed by atoms with Crippen LogP contribution in [-0.2, 0) is 13.0 Å². The molecule has 0 aromatic heterocycles. The first-order valence-corrected chi connectivity index (χ1v) is 6.04. The lowest BCUT2D eigenvalue weighted by Crippen LogP contribution is -2.17. The number of benzene rings is 2. The molecule has 0 spiro atoms. The van der Waals surface area contributed by atoms with E-state index in [0.29, 0.717) is 18.5 Å². The molecule has 0 saturated heterocycles. The van der Waals surface area contributed by atoms with Gasteiger partial charge in [-0.25, -0.2) is 13.2 Å². The molecule has 1 nitrogen and oxygen atoms in total. The summed E-state index contributed by atoms with van der Waals surface area (Å²) in [5.74, 6) is -1.16. The molecule has 0 aliphatic carbocycles. The second-order valence-corrected chi connectivity index (χ2v) is 4.29. The molecule has 0 aliphatic heterocycles. The molecule has 1 N–H and O–H groups in total. The first-order valence-electron chi connectivity index (χ1n) is 6.04. The average Bonchev–Trinajstić information content (AvgIpc) is 2.39. The van der Waals surface area contributed by atoms with Gasteiger partial charge in [0.1, 0.15) is 17.5 Å². The van der Waals surface area contributed by atoms with Gasteiger partial charge in [-0.15, -0.1) is 0 Å². The molecule has 0 radical (unpaired) electrons. The van der Waals surface area contributed by atoms with E-state index in [-0.39, 0.29) is 12.4 Å². The third kappa shape index (κ3) is 4.10. The minimum atomic E-state index is -0.455. The van der Waals surface area contributed by atoms with E-state index in [1.165, 1.54) is 18.2 Å². The lowest BCUT2D eigenvalue weighted by Gasteiger charge is -2.06. The molecule has 0 aliphatic rings. The third-order valence-electron chi connectivity index (χ3n) is 2.80. The average molecular weight is 265 g/mol. The van der Waals surface area contributed by atoms with E-state index < -0.39 is 11.6 Å². The van der Waals surface area contributed by atoms with Crippen LogP contribution >= 0.6 is 0 Å². The van der Waals surface area contributed by atoms with Crippen molar-refractivity contribution in [3.05, 3.63) is 71.0 Å². The number of nitrogens with one attached hydrogen (secondary N) is 1. The van der Waals surface area contributed by atoms with Gasteiger partial charge >= 0.3 is 0 Å². The van der Waals surface area contributed by atoms with Crippen LogP contribution in [0, 0.1) is 17.5 Å². The minimum absolute atomic E-state index is 0.249. The predicted octanol–water partition coefficient (Wildman–Crippen LogP) is 3.44. The van der Waals surface area contributed by atoms with Crippen molar-refractivity contribution in [3.8, 4) is 0 Å². The smallest absolute Gasteiger partial charge is 0.127 e. The minimum Gasteiger partial charge on any atom is -0.312 e. The second kappa shape index (κ2) is 6.38. The summed E-state index contributed by atoms with van der Waals surface area (Å²) in [6.45, 7) is 0.818. The molecular weight excluding hydrogens is 251 g/mol. The van der Waals surface area contributed by atoms with Gasteiger partial charge in [-0.1, -0.05) is 12.1 Å². The van der Waals surface area contributed by atoms with Crippen molar-refractivity contribution in [1.29, 1.82) is 0 Å². The first-order chi connectivity index (χ1) is 9.15. The molecule has 2 rings (SSSR count). The van der Waals surface area contributed by atoms with Gasteiger partial charge in [-0.05, 0) is 48.9 Å². The first kappa shape index (κ1) is 13.6. The van der Waals surface area contributed by atoms with Crippen molar-refractivity contribution in [3.63, 3.8) is 0 Å². The van der Waals surface area contributed by atoms with Crippen molar-refractivity contribution in [1.82, 2.24) is 5.32 Å². The van der Waals surface area contributed by atoms with Crippen LogP contribution in [0.1, 0.15) is 11.1 Å². The highest BCUT2D eigenvalue weighted by Crippen LogP contribution is 2.09. The lowest BCUT2D eigenvalue weighted by atomic mass is 10.1. The normalized spacial score (nSPS) is 10.7. The van der Waals surface area contributed by atoms with Gasteiger partial charge < -0.3 is 5.32 Å². The van der Waals surface area contributed by atoms with Crippen molar-refractivity contribution < 1.29 is 13.2 Å². The highest BCUT2D eigenvalue weighted by Gasteiger charge is 2.03. The Hall–Kier alpha value is -1.81. The van der Waals surface area contributed by atoms with Crippen LogP contribution < -0.4 is 5.32 Å². The molecule has 19 heavy (non-hydrogen) atoms. The van der Waals surface area contributed by atoms with E-state index in [2.05, 4.69) is 5.32 Å². The number of rotatable bonds is 5. The molecule has 0 fully saturated rings. The summed E-state index contributed by atoms with van der Waals surface area (Å²) < 4.78 is 39.2. The van der Waals surface area contributed by atoms with Gasteiger partial charge in [0, 0.05) is 12.1 Å². The molecule has 4 heteroatoms. The quantitative estimate of drug-likeness (QED) is 0.817.